The topological polar surface area (TPSA) is 99.2 Å². The lowest BCUT2D eigenvalue weighted by molar-refractivity contribution is -0.161. The van der Waals surface area contributed by atoms with Crippen LogP contribution in [0.4, 0.5) is 4.39 Å². The van der Waals surface area contributed by atoms with Gasteiger partial charge < -0.3 is 18.9 Å². The van der Waals surface area contributed by atoms with E-state index in [4.69, 9.17) is 42.1 Å². The Kier molecular flexibility index (Phi) is 11.5. The first-order valence-corrected chi connectivity index (χ1v) is 17.2. The Balaban J connectivity index is 1.21. The van der Waals surface area contributed by atoms with E-state index in [1.54, 1.807) is 54.6 Å². The molecule has 9 nitrogen and oxygen atoms in total. The lowest BCUT2D eigenvalue weighted by Gasteiger charge is -2.44. The largest absolute Gasteiger partial charge is 0.493 e. The van der Waals surface area contributed by atoms with Crippen LogP contribution in [0.5, 0.6) is 11.5 Å². The molecule has 1 N–H and O–H groups in total. The van der Waals surface area contributed by atoms with Crippen LogP contribution in [0.25, 0.3) is 0 Å². The fourth-order valence-electron chi connectivity index (χ4n) is 6.62. The fourth-order valence-corrected chi connectivity index (χ4v) is 7.13. The number of esters is 2. The summed E-state index contributed by atoms with van der Waals surface area (Å²) in [6.45, 7) is 2.85. The number of piperidine rings is 3. The lowest BCUT2D eigenvalue weighted by atomic mass is 9.86. The molecule has 0 amide bonds. The third-order valence-electron chi connectivity index (χ3n) is 9.36. The number of ether oxygens (including phenoxy) is 4. The van der Waals surface area contributed by atoms with E-state index in [1.165, 1.54) is 32.7 Å². The Hall–Kier alpha value is -4.22. The van der Waals surface area contributed by atoms with Gasteiger partial charge in [0.05, 0.1) is 29.8 Å². The van der Waals surface area contributed by atoms with Crippen molar-refractivity contribution in [2.45, 2.75) is 44.1 Å². The fraction of sp³-hybridized carbons (Fsp3) is 0.342. The van der Waals surface area contributed by atoms with Gasteiger partial charge in [-0.05, 0) is 78.9 Å². The van der Waals surface area contributed by atoms with Crippen molar-refractivity contribution in [1.29, 1.82) is 0 Å². The maximum atomic E-state index is 15.0. The predicted octanol–water partition coefficient (Wildman–Crippen LogP) is 7.15. The summed E-state index contributed by atoms with van der Waals surface area (Å²) in [5, 5.41) is 3.86. The summed E-state index contributed by atoms with van der Waals surface area (Å²) in [5.41, 5.74) is 2.35. The van der Waals surface area contributed by atoms with Gasteiger partial charge in [0.1, 0.15) is 24.1 Å². The van der Waals surface area contributed by atoms with E-state index >= 15 is 4.39 Å². The van der Waals surface area contributed by atoms with Crippen LogP contribution >= 0.6 is 23.2 Å². The highest BCUT2D eigenvalue weighted by Crippen LogP contribution is 2.36. The zero-order valence-electron chi connectivity index (χ0n) is 27.7. The standard InChI is InChI=1S/C38H38Cl2FN3O6/c1-47-32-11-10-25(17-34(32)48-2)33(18-28-29(39)20-42-21-30(28)40)49-37(45)26-7-5-6-23(16-26)19-43-36(27-8-3-4-9-31(27)41)38(46)50-35-22-44-14-12-24(35)13-15-44/h3-11,16-17,20-21,24,33,35-36,43H,12-15,18-19,22H2,1-2H3/t33-,35-,36?/m0/s1. The third-order valence-corrected chi connectivity index (χ3v) is 10.0. The van der Waals surface area contributed by atoms with Gasteiger partial charge in [0, 0.05) is 37.5 Å². The van der Waals surface area contributed by atoms with Crippen molar-refractivity contribution < 1.29 is 32.9 Å². The number of aromatic nitrogens is 1. The predicted molar refractivity (Wildman–Crippen MR) is 187 cm³/mol. The highest BCUT2D eigenvalue weighted by Gasteiger charge is 2.38. The smallest absolute Gasteiger partial charge is 0.338 e. The molecule has 4 aromatic rings. The minimum absolute atomic E-state index is 0.150. The number of pyridine rings is 1. The molecule has 3 fully saturated rings. The number of fused-ring (bicyclic) bond motifs is 3. The monoisotopic (exact) mass is 721 g/mol. The normalized spacial score (nSPS) is 19.3. The van der Waals surface area contributed by atoms with E-state index in [1.807, 2.05) is 6.07 Å². The van der Waals surface area contributed by atoms with E-state index in [-0.39, 0.29) is 30.2 Å². The molecule has 3 aliphatic heterocycles. The number of methoxy groups -OCH3 is 2. The quantitative estimate of drug-likeness (QED) is 0.144. The van der Waals surface area contributed by atoms with Crippen LogP contribution in [-0.4, -0.2) is 61.8 Å². The summed E-state index contributed by atoms with van der Waals surface area (Å²) in [4.78, 5) is 33.6. The van der Waals surface area contributed by atoms with Gasteiger partial charge in [-0.15, -0.1) is 0 Å². The molecule has 1 unspecified atom stereocenters. The molecule has 0 radical (unpaired) electrons. The van der Waals surface area contributed by atoms with Crippen LogP contribution in [0.3, 0.4) is 0 Å². The van der Waals surface area contributed by atoms with Crippen LogP contribution in [-0.2, 0) is 27.2 Å². The summed E-state index contributed by atoms with van der Waals surface area (Å²) < 4.78 is 38.0. The molecule has 0 spiro atoms. The summed E-state index contributed by atoms with van der Waals surface area (Å²) in [5.74, 6) is -0.355. The number of hydrogen-bond donors (Lipinski definition) is 1. The van der Waals surface area contributed by atoms with Gasteiger partial charge >= 0.3 is 11.9 Å². The van der Waals surface area contributed by atoms with Crippen molar-refractivity contribution in [2.24, 2.45) is 5.92 Å². The number of benzene rings is 3. The Morgan fingerprint density at radius 3 is 2.38 bits per heavy atom. The molecule has 3 saturated heterocycles. The molecule has 0 saturated carbocycles. The van der Waals surface area contributed by atoms with Gasteiger partial charge in [-0.1, -0.05) is 59.6 Å². The van der Waals surface area contributed by atoms with Crippen molar-refractivity contribution in [1.82, 2.24) is 15.2 Å². The number of nitrogens with one attached hydrogen (secondary N) is 1. The Morgan fingerprint density at radius 2 is 1.70 bits per heavy atom. The van der Waals surface area contributed by atoms with E-state index in [9.17, 15) is 9.59 Å². The van der Waals surface area contributed by atoms with Crippen molar-refractivity contribution in [3.63, 3.8) is 0 Å². The molecule has 2 bridgehead atoms. The zero-order chi connectivity index (χ0) is 35.2. The summed E-state index contributed by atoms with van der Waals surface area (Å²) >= 11 is 12.9. The molecule has 3 aromatic carbocycles. The first kappa shape index (κ1) is 35.6. The molecule has 4 heterocycles. The van der Waals surface area contributed by atoms with Crippen LogP contribution in [0, 0.1) is 11.7 Å². The number of carbonyl (C=O) groups excluding carboxylic acids is 2. The second kappa shape index (κ2) is 16.2. The molecular formula is C38H38Cl2FN3O6. The van der Waals surface area contributed by atoms with Crippen molar-refractivity contribution in [2.75, 3.05) is 33.9 Å². The van der Waals surface area contributed by atoms with Crippen LogP contribution in [0.15, 0.2) is 79.1 Å². The second-order valence-corrected chi connectivity index (χ2v) is 13.3. The Bertz CT molecular complexity index is 1820. The minimum atomic E-state index is -1.05. The van der Waals surface area contributed by atoms with Gasteiger partial charge in [-0.25, -0.2) is 14.0 Å². The maximum absolute atomic E-state index is 15.0. The first-order chi connectivity index (χ1) is 24.2. The highest BCUT2D eigenvalue weighted by atomic mass is 35.5. The van der Waals surface area contributed by atoms with Crippen molar-refractivity contribution in [3.05, 3.63) is 123 Å². The summed E-state index contributed by atoms with van der Waals surface area (Å²) in [7, 11) is 3.06. The molecule has 12 heteroatoms. The van der Waals surface area contributed by atoms with Gasteiger partial charge in [-0.2, -0.15) is 0 Å². The lowest BCUT2D eigenvalue weighted by Crippen LogP contribution is -2.52. The number of hydrogen-bond acceptors (Lipinski definition) is 9. The number of nitrogens with zero attached hydrogens (tertiary/aromatic N) is 2. The van der Waals surface area contributed by atoms with Crippen LogP contribution in [0.1, 0.15) is 57.6 Å². The first-order valence-electron chi connectivity index (χ1n) is 16.4. The molecule has 7 rings (SSSR count). The summed E-state index contributed by atoms with van der Waals surface area (Å²) in [6.07, 6.45) is 4.04. The number of carbonyl (C=O) groups is 2. The van der Waals surface area contributed by atoms with Crippen LogP contribution < -0.4 is 14.8 Å². The van der Waals surface area contributed by atoms with E-state index < -0.39 is 29.9 Å². The van der Waals surface area contributed by atoms with E-state index in [0.29, 0.717) is 50.7 Å². The molecule has 262 valence electrons. The van der Waals surface area contributed by atoms with Gasteiger partial charge in [0.25, 0.3) is 0 Å². The average Bonchev–Trinajstić information content (AvgIpc) is 3.13. The molecule has 50 heavy (non-hydrogen) atoms. The van der Waals surface area contributed by atoms with E-state index in [2.05, 4.69) is 15.2 Å². The molecular weight excluding hydrogens is 684 g/mol. The third kappa shape index (κ3) is 8.21. The van der Waals surface area contributed by atoms with Crippen molar-refractivity contribution >= 4 is 35.1 Å². The number of rotatable bonds is 13. The molecule has 3 atom stereocenters. The van der Waals surface area contributed by atoms with Gasteiger partial charge in [0.15, 0.2) is 11.5 Å². The molecule has 0 aliphatic carbocycles. The van der Waals surface area contributed by atoms with Gasteiger partial charge in [-0.3, -0.25) is 15.2 Å². The SMILES string of the molecule is COc1ccc([C@H](Cc2c(Cl)cncc2Cl)OC(=O)c2cccc(CNC(C(=O)O[C@H]3CN4CCC3CC4)c3ccccc3F)c2)cc1OC. The van der Waals surface area contributed by atoms with E-state index in [0.717, 1.165) is 25.9 Å². The second-order valence-electron chi connectivity index (χ2n) is 12.4. The minimum Gasteiger partial charge on any atom is -0.493 e. The van der Waals surface area contributed by atoms with Gasteiger partial charge in [0.2, 0.25) is 0 Å². The average molecular weight is 723 g/mol. The van der Waals surface area contributed by atoms with Crippen molar-refractivity contribution in [3.8, 4) is 11.5 Å². The Labute approximate surface area is 300 Å². The number of halogens is 3. The maximum Gasteiger partial charge on any atom is 0.338 e. The summed E-state index contributed by atoms with van der Waals surface area (Å²) in [6, 6.07) is 17.2. The highest BCUT2D eigenvalue weighted by molar-refractivity contribution is 6.35. The van der Waals surface area contributed by atoms with Crippen LogP contribution in [0.2, 0.25) is 10.0 Å². The molecule has 3 aliphatic rings. The molecule has 1 aromatic heterocycles. The zero-order valence-corrected chi connectivity index (χ0v) is 29.3. The Morgan fingerprint density at radius 1 is 0.960 bits per heavy atom.